The van der Waals surface area contributed by atoms with Gasteiger partial charge in [0.25, 0.3) is 15.9 Å². The van der Waals surface area contributed by atoms with Gasteiger partial charge in [0.15, 0.2) is 6.10 Å². The summed E-state index contributed by atoms with van der Waals surface area (Å²) in [6.07, 6.45) is -1.12. The highest BCUT2D eigenvalue weighted by Crippen LogP contribution is 2.37. The second kappa shape index (κ2) is 9.46. The third-order valence-corrected chi connectivity index (χ3v) is 8.36. The maximum absolute atomic E-state index is 13.4. The van der Waals surface area contributed by atoms with Crippen LogP contribution in [0.1, 0.15) is 0 Å². The fourth-order valence-electron chi connectivity index (χ4n) is 3.47. The van der Waals surface area contributed by atoms with E-state index in [1.165, 1.54) is 39.9 Å². The van der Waals surface area contributed by atoms with Crippen LogP contribution in [0, 0.1) is 0 Å². The van der Waals surface area contributed by atoms with Gasteiger partial charge in [0, 0.05) is 15.6 Å². The van der Waals surface area contributed by atoms with Gasteiger partial charge in [0.2, 0.25) is 5.13 Å². The Morgan fingerprint density at radius 3 is 2.34 bits per heavy atom. The van der Waals surface area contributed by atoms with Crippen LogP contribution in [0.25, 0.3) is 10.6 Å². The minimum absolute atomic E-state index is 0.0505. The summed E-state index contributed by atoms with van der Waals surface area (Å²) in [5, 5.41) is 12.7. The molecule has 0 spiro atoms. The number of aromatic nitrogens is 2. The lowest BCUT2D eigenvalue weighted by Crippen LogP contribution is -2.48. The molecule has 1 atom stereocenters. The maximum atomic E-state index is 13.4. The van der Waals surface area contributed by atoms with Gasteiger partial charge >= 0.3 is 0 Å². The van der Waals surface area contributed by atoms with Crippen LogP contribution in [0.5, 0.6) is 5.75 Å². The number of carbonyl (C=O) groups excluding carboxylic acids is 1. The summed E-state index contributed by atoms with van der Waals surface area (Å²) < 4.78 is 33.9. The minimum atomic E-state index is -3.99. The molecule has 1 aliphatic rings. The fraction of sp³-hybridized carbons (Fsp3) is 0.0870. The normalized spacial score (nSPS) is 15.3. The Labute approximate surface area is 215 Å². The van der Waals surface area contributed by atoms with E-state index in [0.717, 1.165) is 5.56 Å². The van der Waals surface area contributed by atoms with Crippen molar-refractivity contribution in [2.45, 2.75) is 11.0 Å². The van der Waals surface area contributed by atoms with Crippen molar-refractivity contribution >= 4 is 61.3 Å². The quantitative estimate of drug-likeness (QED) is 0.373. The van der Waals surface area contributed by atoms with Crippen LogP contribution in [-0.4, -0.2) is 37.2 Å². The first-order chi connectivity index (χ1) is 16.8. The summed E-state index contributed by atoms with van der Waals surface area (Å²) in [5.41, 5.74) is 1.14. The van der Waals surface area contributed by atoms with Gasteiger partial charge in [-0.1, -0.05) is 58.8 Å². The third kappa shape index (κ3) is 4.83. The predicted octanol–water partition coefficient (Wildman–Crippen LogP) is 5.11. The molecular formula is C23H16Cl2N4O4S2. The van der Waals surface area contributed by atoms with E-state index in [9.17, 15) is 13.2 Å². The molecule has 0 saturated heterocycles. The molecule has 1 aromatic heterocycles. The Balaban J connectivity index is 1.40. The summed E-state index contributed by atoms with van der Waals surface area (Å²) in [7, 11) is -3.99. The molecular weight excluding hydrogens is 531 g/mol. The first-order valence-corrected chi connectivity index (χ1v) is 13.3. The van der Waals surface area contributed by atoms with Crippen molar-refractivity contribution < 1.29 is 17.9 Å². The Bertz CT molecular complexity index is 1490. The van der Waals surface area contributed by atoms with Gasteiger partial charge in [-0.2, -0.15) is 0 Å². The Kier molecular flexibility index (Phi) is 6.37. The summed E-state index contributed by atoms with van der Waals surface area (Å²) in [6.45, 7) is -0.226. The highest BCUT2D eigenvalue weighted by molar-refractivity contribution is 7.92. The zero-order valence-corrected chi connectivity index (χ0v) is 20.9. The third-order valence-electron chi connectivity index (χ3n) is 5.18. The molecule has 0 bridgehead atoms. The molecule has 0 radical (unpaired) electrons. The van der Waals surface area contributed by atoms with Crippen molar-refractivity contribution in [3.63, 3.8) is 0 Å². The number of benzene rings is 3. The smallest absolute Gasteiger partial charge is 0.269 e. The largest absolute Gasteiger partial charge is 0.476 e. The summed E-state index contributed by atoms with van der Waals surface area (Å²) in [6, 6.07) is 19.6. The lowest BCUT2D eigenvalue weighted by Gasteiger charge is -2.34. The van der Waals surface area contributed by atoms with Gasteiger partial charge in [0.1, 0.15) is 10.8 Å². The topological polar surface area (TPSA) is 101 Å². The standard InChI is InChI=1S/C23H16Cl2N4O4S2/c24-15-7-5-14(6-8-15)22-27-28-23(34-22)26-21(30)20-13-29(18-3-1-2-4-19(18)33-20)35(31,32)17-11-9-16(25)10-12-17/h1-12,20H,13H2,(H,26,28,30)/t20-/m0/s1. The van der Waals surface area contributed by atoms with E-state index < -0.39 is 22.0 Å². The van der Waals surface area contributed by atoms with Gasteiger partial charge in [-0.05, 0) is 48.5 Å². The minimum Gasteiger partial charge on any atom is -0.476 e. The van der Waals surface area contributed by atoms with Crippen LogP contribution in [-0.2, 0) is 14.8 Å². The van der Waals surface area contributed by atoms with E-state index in [1.54, 1.807) is 48.5 Å². The van der Waals surface area contributed by atoms with Crippen molar-refractivity contribution in [1.82, 2.24) is 10.2 Å². The molecule has 1 amide bonds. The zero-order chi connectivity index (χ0) is 24.6. The Hall–Kier alpha value is -3.18. The SMILES string of the molecule is O=C(Nc1nnc(-c2ccc(Cl)cc2)s1)[C@@H]1CN(S(=O)(=O)c2ccc(Cl)cc2)c2ccccc2O1. The second-order valence-electron chi connectivity index (χ2n) is 7.47. The average molecular weight is 547 g/mol. The Morgan fingerprint density at radius 2 is 1.63 bits per heavy atom. The number of rotatable bonds is 5. The van der Waals surface area contributed by atoms with Gasteiger partial charge in [-0.3, -0.25) is 14.4 Å². The molecule has 0 aliphatic carbocycles. The summed E-state index contributed by atoms with van der Waals surface area (Å²) in [4.78, 5) is 13.1. The van der Waals surface area contributed by atoms with E-state index in [-0.39, 0.29) is 22.3 Å². The predicted molar refractivity (Wildman–Crippen MR) is 136 cm³/mol. The number of sulfonamides is 1. The summed E-state index contributed by atoms with van der Waals surface area (Å²) >= 11 is 13.0. The number of para-hydroxylation sites is 2. The van der Waals surface area contributed by atoms with Gasteiger partial charge in [-0.25, -0.2) is 8.42 Å². The lowest BCUT2D eigenvalue weighted by molar-refractivity contribution is -0.122. The van der Waals surface area contributed by atoms with Crippen LogP contribution >= 0.6 is 34.5 Å². The highest BCUT2D eigenvalue weighted by Gasteiger charge is 2.37. The first kappa shape index (κ1) is 23.6. The van der Waals surface area contributed by atoms with Crippen LogP contribution in [0.2, 0.25) is 10.0 Å². The van der Waals surface area contributed by atoms with Crippen LogP contribution < -0.4 is 14.4 Å². The molecule has 1 aliphatic heterocycles. The molecule has 5 rings (SSSR count). The fourth-order valence-corrected chi connectivity index (χ4v) is 5.95. The van der Waals surface area contributed by atoms with Crippen molar-refractivity contribution in [3.8, 4) is 16.3 Å². The average Bonchev–Trinajstić information content (AvgIpc) is 3.32. The van der Waals surface area contributed by atoms with E-state index >= 15 is 0 Å². The second-order valence-corrected chi connectivity index (χ2v) is 11.2. The maximum Gasteiger partial charge on any atom is 0.269 e. The van der Waals surface area contributed by atoms with Crippen molar-refractivity contribution in [1.29, 1.82) is 0 Å². The van der Waals surface area contributed by atoms with Crippen LogP contribution in [0.3, 0.4) is 0 Å². The van der Waals surface area contributed by atoms with Crippen LogP contribution in [0.4, 0.5) is 10.8 Å². The monoisotopic (exact) mass is 546 g/mol. The molecule has 2 heterocycles. The van der Waals surface area contributed by atoms with E-state index in [2.05, 4.69) is 15.5 Å². The molecule has 4 aromatic rings. The summed E-state index contributed by atoms with van der Waals surface area (Å²) in [5.74, 6) is -0.273. The molecule has 8 nitrogen and oxygen atoms in total. The van der Waals surface area contributed by atoms with Crippen molar-refractivity contribution in [2.75, 3.05) is 16.2 Å². The number of carbonyl (C=O) groups is 1. The molecule has 0 saturated carbocycles. The molecule has 0 fully saturated rings. The number of halogens is 2. The number of fused-ring (bicyclic) bond motifs is 1. The van der Waals surface area contributed by atoms with Gasteiger partial charge in [0.05, 0.1) is 17.1 Å². The molecule has 12 heteroatoms. The first-order valence-electron chi connectivity index (χ1n) is 10.3. The lowest BCUT2D eigenvalue weighted by atomic mass is 10.2. The van der Waals surface area contributed by atoms with Crippen molar-refractivity contribution in [3.05, 3.63) is 82.8 Å². The molecule has 3 aromatic carbocycles. The number of ether oxygens (including phenoxy) is 1. The number of hydrogen-bond acceptors (Lipinski definition) is 7. The van der Waals surface area contributed by atoms with Gasteiger partial charge < -0.3 is 4.74 Å². The van der Waals surface area contributed by atoms with E-state index in [1.807, 2.05) is 0 Å². The Morgan fingerprint density at radius 1 is 0.971 bits per heavy atom. The molecule has 178 valence electrons. The van der Waals surface area contributed by atoms with Crippen molar-refractivity contribution in [2.24, 2.45) is 0 Å². The number of hydrogen-bond donors (Lipinski definition) is 1. The van der Waals surface area contributed by atoms with E-state index in [4.69, 9.17) is 27.9 Å². The van der Waals surface area contributed by atoms with Crippen LogP contribution in [0.15, 0.2) is 77.7 Å². The number of nitrogens with zero attached hydrogens (tertiary/aromatic N) is 3. The number of nitrogens with one attached hydrogen (secondary N) is 1. The molecule has 0 unspecified atom stereocenters. The van der Waals surface area contributed by atoms with Gasteiger partial charge in [-0.15, -0.1) is 10.2 Å². The zero-order valence-electron chi connectivity index (χ0n) is 17.8. The number of amides is 1. The molecule has 1 N–H and O–H groups in total. The highest BCUT2D eigenvalue weighted by atomic mass is 35.5. The molecule has 35 heavy (non-hydrogen) atoms. The van der Waals surface area contributed by atoms with E-state index in [0.29, 0.717) is 20.7 Å². The number of anilines is 2.